The predicted molar refractivity (Wildman–Crippen MR) is 67.5 cm³/mol. The molecule has 0 atom stereocenters. The van der Waals surface area contributed by atoms with Crippen LogP contribution in [0.3, 0.4) is 0 Å². The first-order valence-electron chi connectivity index (χ1n) is 5.70. The van der Waals surface area contributed by atoms with E-state index in [1.165, 1.54) is 16.8 Å². The van der Waals surface area contributed by atoms with Crippen LogP contribution in [0, 0.1) is 6.92 Å². The summed E-state index contributed by atoms with van der Waals surface area (Å²) in [4.78, 5) is 2.27. The van der Waals surface area contributed by atoms with E-state index in [4.69, 9.17) is 0 Å². The van der Waals surface area contributed by atoms with E-state index in [9.17, 15) is 0 Å². The highest BCUT2D eigenvalue weighted by Gasteiger charge is 2.03. The fourth-order valence-electron chi connectivity index (χ4n) is 1.70. The molecule has 0 bridgehead atoms. The van der Waals surface area contributed by atoms with Crippen molar-refractivity contribution in [1.82, 2.24) is 5.32 Å². The lowest BCUT2D eigenvalue weighted by Crippen LogP contribution is -2.17. The minimum atomic E-state index is 0.966. The van der Waals surface area contributed by atoms with E-state index in [0.717, 1.165) is 19.6 Å². The number of hydrogen-bond donors (Lipinski definition) is 1. The molecule has 0 radical (unpaired) electrons. The number of rotatable bonds is 5. The first-order valence-corrected chi connectivity index (χ1v) is 5.70. The molecule has 0 spiro atoms. The molecule has 0 saturated heterocycles. The standard InChI is InChI=1S/C13H22N2/c1-5-14-10-12-7-8-13(11(3)9-12)15(4)6-2/h7-9,14H,5-6,10H2,1-4H3. The molecule has 2 nitrogen and oxygen atoms in total. The first kappa shape index (κ1) is 12.1. The van der Waals surface area contributed by atoms with Gasteiger partial charge in [0.15, 0.2) is 0 Å². The molecule has 84 valence electrons. The summed E-state index contributed by atoms with van der Waals surface area (Å²) < 4.78 is 0. The monoisotopic (exact) mass is 206 g/mol. The van der Waals surface area contributed by atoms with Crippen molar-refractivity contribution in [2.24, 2.45) is 0 Å². The Labute approximate surface area is 93.3 Å². The molecule has 0 unspecified atom stereocenters. The second kappa shape index (κ2) is 5.76. The lowest BCUT2D eigenvalue weighted by molar-refractivity contribution is 0.726. The normalized spacial score (nSPS) is 10.4. The molecule has 0 aliphatic heterocycles. The molecule has 0 aromatic heterocycles. The third kappa shape index (κ3) is 3.24. The van der Waals surface area contributed by atoms with Crippen molar-refractivity contribution in [2.45, 2.75) is 27.3 Å². The van der Waals surface area contributed by atoms with Gasteiger partial charge in [-0.1, -0.05) is 19.1 Å². The summed E-state index contributed by atoms with van der Waals surface area (Å²) >= 11 is 0. The van der Waals surface area contributed by atoms with Gasteiger partial charge < -0.3 is 10.2 Å². The number of aryl methyl sites for hydroxylation is 1. The van der Waals surface area contributed by atoms with Gasteiger partial charge >= 0.3 is 0 Å². The first-order chi connectivity index (χ1) is 7.19. The summed E-state index contributed by atoms with van der Waals surface area (Å²) in [6.07, 6.45) is 0. The smallest absolute Gasteiger partial charge is 0.0393 e. The maximum atomic E-state index is 3.34. The largest absolute Gasteiger partial charge is 0.375 e. The van der Waals surface area contributed by atoms with Crippen LogP contribution >= 0.6 is 0 Å². The quantitative estimate of drug-likeness (QED) is 0.796. The van der Waals surface area contributed by atoms with Gasteiger partial charge in [-0.05, 0) is 37.6 Å². The van der Waals surface area contributed by atoms with Gasteiger partial charge in [-0.3, -0.25) is 0 Å². The summed E-state index contributed by atoms with van der Waals surface area (Å²) in [5, 5.41) is 3.34. The summed E-state index contributed by atoms with van der Waals surface area (Å²) in [6.45, 7) is 9.52. The van der Waals surface area contributed by atoms with Crippen LogP contribution in [0.4, 0.5) is 5.69 Å². The zero-order valence-corrected chi connectivity index (χ0v) is 10.3. The van der Waals surface area contributed by atoms with Gasteiger partial charge in [0, 0.05) is 25.8 Å². The van der Waals surface area contributed by atoms with Crippen molar-refractivity contribution in [3.63, 3.8) is 0 Å². The Kier molecular flexibility index (Phi) is 4.63. The van der Waals surface area contributed by atoms with Gasteiger partial charge in [0.25, 0.3) is 0 Å². The Hall–Kier alpha value is -1.02. The van der Waals surface area contributed by atoms with Gasteiger partial charge in [0.2, 0.25) is 0 Å². The van der Waals surface area contributed by atoms with E-state index in [-0.39, 0.29) is 0 Å². The topological polar surface area (TPSA) is 15.3 Å². The molecule has 1 rings (SSSR count). The highest BCUT2D eigenvalue weighted by atomic mass is 15.1. The molecular formula is C13H22N2. The fraction of sp³-hybridized carbons (Fsp3) is 0.538. The van der Waals surface area contributed by atoms with Crippen LogP contribution in [0.5, 0.6) is 0 Å². The minimum Gasteiger partial charge on any atom is -0.375 e. The summed E-state index contributed by atoms with van der Waals surface area (Å²) in [5.74, 6) is 0. The average molecular weight is 206 g/mol. The Morgan fingerprint density at radius 2 is 2.00 bits per heavy atom. The highest BCUT2D eigenvalue weighted by Crippen LogP contribution is 2.19. The molecule has 0 fully saturated rings. The highest BCUT2D eigenvalue weighted by molar-refractivity contribution is 5.53. The summed E-state index contributed by atoms with van der Waals surface area (Å²) in [5.41, 5.74) is 4.05. The number of benzene rings is 1. The van der Waals surface area contributed by atoms with E-state index < -0.39 is 0 Å². The molecule has 1 N–H and O–H groups in total. The van der Waals surface area contributed by atoms with Crippen LogP contribution in [0.15, 0.2) is 18.2 Å². The number of hydrogen-bond acceptors (Lipinski definition) is 2. The van der Waals surface area contributed by atoms with Gasteiger partial charge in [-0.15, -0.1) is 0 Å². The summed E-state index contributed by atoms with van der Waals surface area (Å²) in [6, 6.07) is 6.69. The molecule has 2 heteroatoms. The van der Waals surface area contributed by atoms with E-state index in [0.29, 0.717) is 0 Å². The van der Waals surface area contributed by atoms with Crippen LogP contribution in [-0.2, 0) is 6.54 Å². The average Bonchev–Trinajstić information content (AvgIpc) is 2.25. The maximum absolute atomic E-state index is 3.34. The maximum Gasteiger partial charge on any atom is 0.0393 e. The molecule has 1 aromatic rings. The van der Waals surface area contributed by atoms with Crippen molar-refractivity contribution in [2.75, 3.05) is 25.0 Å². The Morgan fingerprint density at radius 3 is 2.53 bits per heavy atom. The summed E-state index contributed by atoms with van der Waals surface area (Å²) in [7, 11) is 2.13. The Balaban J connectivity index is 2.78. The zero-order chi connectivity index (χ0) is 11.3. The minimum absolute atomic E-state index is 0.966. The molecule has 0 heterocycles. The van der Waals surface area contributed by atoms with E-state index in [2.05, 4.69) is 56.2 Å². The van der Waals surface area contributed by atoms with E-state index in [1.807, 2.05) is 0 Å². The number of nitrogens with one attached hydrogen (secondary N) is 1. The SMILES string of the molecule is CCNCc1ccc(N(C)CC)c(C)c1. The fourth-order valence-corrected chi connectivity index (χ4v) is 1.70. The zero-order valence-electron chi connectivity index (χ0n) is 10.3. The van der Waals surface area contributed by atoms with Gasteiger partial charge in [-0.25, -0.2) is 0 Å². The van der Waals surface area contributed by atoms with Crippen LogP contribution in [0.2, 0.25) is 0 Å². The Morgan fingerprint density at radius 1 is 1.27 bits per heavy atom. The molecule has 0 aliphatic rings. The molecule has 15 heavy (non-hydrogen) atoms. The van der Waals surface area contributed by atoms with Crippen LogP contribution in [0.1, 0.15) is 25.0 Å². The van der Waals surface area contributed by atoms with E-state index in [1.54, 1.807) is 0 Å². The van der Waals surface area contributed by atoms with Crippen molar-refractivity contribution in [1.29, 1.82) is 0 Å². The predicted octanol–water partition coefficient (Wildman–Crippen LogP) is 2.56. The number of nitrogens with zero attached hydrogens (tertiary/aromatic N) is 1. The second-order valence-corrected chi connectivity index (χ2v) is 3.92. The Bertz CT molecular complexity index is 307. The molecular weight excluding hydrogens is 184 g/mol. The van der Waals surface area contributed by atoms with Gasteiger partial charge in [0.1, 0.15) is 0 Å². The van der Waals surface area contributed by atoms with Crippen molar-refractivity contribution in [3.05, 3.63) is 29.3 Å². The number of anilines is 1. The van der Waals surface area contributed by atoms with Gasteiger partial charge in [0.05, 0.1) is 0 Å². The molecule has 0 amide bonds. The molecule has 0 saturated carbocycles. The van der Waals surface area contributed by atoms with Crippen molar-refractivity contribution in [3.8, 4) is 0 Å². The molecule has 0 aliphatic carbocycles. The lowest BCUT2D eigenvalue weighted by atomic mass is 10.1. The van der Waals surface area contributed by atoms with Crippen molar-refractivity contribution < 1.29 is 0 Å². The van der Waals surface area contributed by atoms with E-state index >= 15 is 0 Å². The third-order valence-corrected chi connectivity index (χ3v) is 2.73. The molecule has 1 aromatic carbocycles. The van der Waals surface area contributed by atoms with Crippen LogP contribution in [-0.4, -0.2) is 20.1 Å². The van der Waals surface area contributed by atoms with Crippen LogP contribution in [0.25, 0.3) is 0 Å². The third-order valence-electron chi connectivity index (χ3n) is 2.73. The van der Waals surface area contributed by atoms with Crippen molar-refractivity contribution >= 4 is 5.69 Å². The van der Waals surface area contributed by atoms with Crippen LogP contribution < -0.4 is 10.2 Å². The second-order valence-electron chi connectivity index (χ2n) is 3.92. The lowest BCUT2D eigenvalue weighted by Gasteiger charge is -2.20. The van der Waals surface area contributed by atoms with Gasteiger partial charge in [-0.2, -0.15) is 0 Å².